The van der Waals surface area contributed by atoms with Gasteiger partial charge in [0.05, 0.1) is 24.3 Å². The van der Waals surface area contributed by atoms with Crippen LogP contribution in [-0.4, -0.2) is 13.2 Å². The summed E-state index contributed by atoms with van der Waals surface area (Å²) in [6.45, 7) is 3.34. The van der Waals surface area contributed by atoms with Gasteiger partial charge in [-0.3, -0.25) is 0 Å². The van der Waals surface area contributed by atoms with Gasteiger partial charge >= 0.3 is 0 Å². The molecule has 0 saturated heterocycles. The van der Waals surface area contributed by atoms with Gasteiger partial charge in [0.1, 0.15) is 34.8 Å². The summed E-state index contributed by atoms with van der Waals surface area (Å²) in [4.78, 5) is 0. The van der Waals surface area contributed by atoms with E-state index in [1.165, 1.54) is 36.4 Å². The van der Waals surface area contributed by atoms with Crippen molar-refractivity contribution in [1.29, 1.82) is 0 Å². The quantitative estimate of drug-likeness (QED) is 0.0788. The Morgan fingerprint density at radius 1 is 0.500 bits per heavy atom. The summed E-state index contributed by atoms with van der Waals surface area (Å²) >= 11 is 0. The van der Waals surface area contributed by atoms with E-state index in [-0.39, 0.29) is 22.8 Å². The molecule has 0 bridgehead atoms. The van der Waals surface area contributed by atoms with Gasteiger partial charge in [-0.15, -0.1) is 0 Å². The smallest absolute Gasteiger partial charge is 0.142 e. The Hall–Kier alpha value is -4.68. The van der Waals surface area contributed by atoms with Crippen LogP contribution in [-0.2, 0) is 0 Å². The molecule has 0 fully saturated rings. The van der Waals surface area contributed by atoms with E-state index in [2.05, 4.69) is 30.6 Å². The van der Waals surface area contributed by atoms with Crippen LogP contribution in [0.15, 0.2) is 84.9 Å². The molecule has 6 heteroatoms. The highest BCUT2D eigenvalue weighted by Crippen LogP contribution is 2.20. The Morgan fingerprint density at radius 2 is 0.913 bits per heavy atom. The average molecular weight is 627 g/mol. The predicted molar refractivity (Wildman–Crippen MR) is 175 cm³/mol. The molecule has 0 aliphatic carbocycles. The second-order valence-corrected chi connectivity index (χ2v) is 11.3. The highest BCUT2D eigenvalue weighted by atomic mass is 19.1. The topological polar surface area (TPSA) is 18.5 Å². The third-order valence-corrected chi connectivity index (χ3v) is 7.47. The van der Waals surface area contributed by atoms with Crippen LogP contribution >= 0.6 is 0 Å². The lowest BCUT2D eigenvalue weighted by molar-refractivity contribution is 0.296. The van der Waals surface area contributed by atoms with Gasteiger partial charge in [-0.25, -0.2) is 17.6 Å². The van der Waals surface area contributed by atoms with Crippen LogP contribution in [0.4, 0.5) is 17.6 Å². The number of unbranched alkanes of at least 4 members (excludes halogenated alkanes) is 4. The minimum absolute atomic E-state index is 0.270. The largest absolute Gasteiger partial charge is 0.493 e. The van der Waals surface area contributed by atoms with Gasteiger partial charge < -0.3 is 9.47 Å². The zero-order valence-electron chi connectivity index (χ0n) is 26.1. The van der Waals surface area contributed by atoms with Crippen LogP contribution in [0.1, 0.15) is 80.5 Å². The lowest BCUT2D eigenvalue weighted by Gasteiger charge is -2.12. The average Bonchev–Trinajstić information content (AvgIpc) is 3.05. The molecule has 4 aromatic carbocycles. The first-order chi connectivity index (χ1) is 22.4. The summed E-state index contributed by atoms with van der Waals surface area (Å²) in [5.74, 6) is 11.3. The van der Waals surface area contributed by atoms with Crippen molar-refractivity contribution in [3.63, 3.8) is 0 Å². The fourth-order valence-electron chi connectivity index (χ4n) is 4.79. The Balaban J connectivity index is 1.02. The van der Waals surface area contributed by atoms with Crippen molar-refractivity contribution in [2.24, 2.45) is 5.92 Å². The fourth-order valence-corrected chi connectivity index (χ4v) is 4.79. The van der Waals surface area contributed by atoms with Gasteiger partial charge in [-0.05, 0) is 91.6 Å². The number of halogens is 4. The lowest BCUT2D eigenvalue weighted by Crippen LogP contribution is -2.01. The van der Waals surface area contributed by atoms with Gasteiger partial charge in [-0.2, -0.15) is 0 Å². The lowest BCUT2D eigenvalue weighted by atomic mass is 9.97. The molecule has 46 heavy (non-hydrogen) atoms. The van der Waals surface area contributed by atoms with Crippen LogP contribution in [0.25, 0.3) is 0 Å². The minimum atomic E-state index is -0.443. The summed E-state index contributed by atoms with van der Waals surface area (Å²) in [6, 6.07) is 20.9. The van der Waals surface area contributed by atoms with Crippen molar-refractivity contribution >= 4 is 0 Å². The Morgan fingerprint density at radius 3 is 1.30 bits per heavy atom. The SMILES string of the molecule is CC(CCCCCOc1ccc(C#Cc2ccc(F)cc2)c(F)c1)CCCCCOc1ccc(C#Cc2ccc(F)cc2)c(F)c1. The normalized spacial score (nSPS) is 10.6. The van der Waals surface area contributed by atoms with Crippen LogP contribution in [0.2, 0.25) is 0 Å². The summed E-state index contributed by atoms with van der Waals surface area (Å²) < 4.78 is 66.3. The van der Waals surface area contributed by atoms with Crippen LogP contribution in [0.3, 0.4) is 0 Å². The molecule has 0 spiro atoms. The van der Waals surface area contributed by atoms with E-state index in [0.29, 0.717) is 41.8 Å². The van der Waals surface area contributed by atoms with Crippen molar-refractivity contribution in [2.75, 3.05) is 13.2 Å². The Kier molecular flexibility index (Phi) is 13.6. The monoisotopic (exact) mass is 626 g/mol. The summed E-state index contributed by atoms with van der Waals surface area (Å²) in [7, 11) is 0. The maximum Gasteiger partial charge on any atom is 0.142 e. The maximum atomic E-state index is 14.4. The van der Waals surface area contributed by atoms with Crippen LogP contribution in [0.5, 0.6) is 11.5 Å². The number of hydrogen-bond acceptors (Lipinski definition) is 2. The van der Waals surface area contributed by atoms with Gasteiger partial charge in [0, 0.05) is 23.3 Å². The van der Waals surface area contributed by atoms with Crippen LogP contribution < -0.4 is 9.47 Å². The number of benzene rings is 4. The van der Waals surface area contributed by atoms with E-state index in [0.717, 1.165) is 51.4 Å². The van der Waals surface area contributed by atoms with Crippen molar-refractivity contribution < 1.29 is 27.0 Å². The zero-order valence-corrected chi connectivity index (χ0v) is 26.1. The van der Waals surface area contributed by atoms with Gasteiger partial charge in [0.25, 0.3) is 0 Å². The second kappa shape index (κ2) is 18.3. The number of ether oxygens (including phenoxy) is 2. The van der Waals surface area contributed by atoms with E-state index < -0.39 is 11.6 Å². The number of rotatable bonds is 14. The van der Waals surface area contributed by atoms with E-state index in [1.54, 1.807) is 48.5 Å². The van der Waals surface area contributed by atoms with Crippen molar-refractivity contribution in [2.45, 2.75) is 58.3 Å². The molecule has 0 aliphatic rings. The second-order valence-electron chi connectivity index (χ2n) is 11.3. The molecule has 0 aromatic heterocycles. The van der Waals surface area contributed by atoms with E-state index in [4.69, 9.17) is 9.47 Å². The maximum absolute atomic E-state index is 14.4. The Bertz CT molecular complexity index is 1530. The fraction of sp³-hybridized carbons (Fsp3) is 0.300. The minimum Gasteiger partial charge on any atom is -0.493 e. The molecule has 0 aliphatic heterocycles. The molecule has 4 rings (SSSR count). The highest BCUT2D eigenvalue weighted by Gasteiger charge is 2.06. The van der Waals surface area contributed by atoms with E-state index >= 15 is 0 Å². The van der Waals surface area contributed by atoms with Crippen molar-refractivity contribution in [3.8, 4) is 35.2 Å². The molecule has 0 N–H and O–H groups in total. The summed E-state index contributed by atoms with van der Waals surface area (Å²) in [5, 5.41) is 0. The molecule has 0 saturated carbocycles. The third-order valence-electron chi connectivity index (χ3n) is 7.47. The molecule has 0 unspecified atom stereocenters. The van der Waals surface area contributed by atoms with Crippen molar-refractivity contribution in [1.82, 2.24) is 0 Å². The highest BCUT2D eigenvalue weighted by molar-refractivity contribution is 5.46. The standard InChI is InChI=1S/C40H38F4O2/c1-30(8-4-2-6-26-45-37-24-18-33(39(43)28-37)16-10-31-12-20-35(41)21-13-31)9-5-3-7-27-46-38-25-19-34(40(44)29-38)17-11-32-14-22-36(42)23-15-32/h12-15,18-25,28-30H,2-9,26-27H2,1H3. The van der Waals surface area contributed by atoms with Gasteiger partial charge in [-0.1, -0.05) is 69.1 Å². The summed E-state index contributed by atoms with van der Waals surface area (Å²) in [6.07, 6.45) is 8.46. The first-order valence-electron chi connectivity index (χ1n) is 15.8. The molecule has 0 radical (unpaired) electrons. The third kappa shape index (κ3) is 12.0. The summed E-state index contributed by atoms with van der Waals surface area (Å²) in [5.41, 5.74) is 1.77. The predicted octanol–water partition coefficient (Wildman–Crippen LogP) is 10.3. The molecular weight excluding hydrogens is 588 g/mol. The van der Waals surface area contributed by atoms with E-state index in [1.807, 2.05) is 0 Å². The first kappa shape index (κ1) is 34.2. The molecule has 0 amide bonds. The Labute approximate surface area is 269 Å². The molecule has 0 atom stereocenters. The molecular formula is C40H38F4O2. The molecule has 238 valence electrons. The zero-order chi connectivity index (χ0) is 32.6. The van der Waals surface area contributed by atoms with Gasteiger partial charge in [0.15, 0.2) is 0 Å². The molecule has 4 aromatic rings. The molecule has 2 nitrogen and oxygen atoms in total. The van der Waals surface area contributed by atoms with E-state index in [9.17, 15) is 17.6 Å². The van der Waals surface area contributed by atoms with Crippen LogP contribution in [0, 0.1) is 52.9 Å². The molecule has 0 heterocycles. The van der Waals surface area contributed by atoms with Gasteiger partial charge in [0.2, 0.25) is 0 Å². The number of hydrogen-bond donors (Lipinski definition) is 0. The first-order valence-corrected chi connectivity index (χ1v) is 15.8. The van der Waals surface area contributed by atoms with Crippen molar-refractivity contribution in [3.05, 3.63) is 130 Å².